The van der Waals surface area contributed by atoms with Gasteiger partial charge in [-0.25, -0.2) is 9.98 Å². The molecule has 0 aliphatic carbocycles. The highest BCUT2D eigenvalue weighted by Gasteiger charge is 2.10. The molecule has 1 aromatic carbocycles. The number of benzene rings is 1. The predicted molar refractivity (Wildman–Crippen MR) is 118 cm³/mol. The molecule has 30 heavy (non-hydrogen) atoms. The zero-order chi connectivity index (χ0) is 21.6. The Morgan fingerprint density at radius 1 is 1.07 bits per heavy atom. The number of hydrogen-bond donors (Lipinski definition) is 2. The summed E-state index contributed by atoms with van der Waals surface area (Å²) in [7, 11) is 3.27. The second kappa shape index (κ2) is 13.3. The van der Waals surface area contributed by atoms with Gasteiger partial charge in [-0.05, 0) is 32.0 Å². The van der Waals surface area contributed by atoms with E-state index in [0.717, 1.165) is 12.1 Å². The highest BCUT2D eigenvalue weighted by Crippen LogP contribution is 2.26. The Bertz CT molecular complexity index is 785. The van der Waals surface area contributed by atoms with Gasteiger partial charge in [0.15, 0.2) is 17.5 Å². The first-order valence-electron chi connectivity index (χ1n) is 10.0. The fourth-order valence-electron chi connectivity index (χ4n) is 2.62. The molecular formula is C22H32N4O4. The van der Waals surface area contributed by atoms with Crippen molar-refractivity contribution in [2.45, 2.75) is 26.5 Å². The molecule has 8 nitrogen and oxygen atoms in total. The van der Waals surface area contributed by atoms with E-state index in [2.05, 4.69) is 20.6 Å². The van der Waals surface area contributed by atoms with Crippen LogP contribution in [0, 0.1) is 0 Å². The van der Waals surface area contributed by atoms with Crippen molar-refractivity contribution in [3.05, 3.63) is 48.2 Å². The van der Waals surface area contributed by atoms with Gasteiger partial charge in [0.25, 0.3) is 0 Å². The van der Waals surface area contributed by atoms with E-state index < -0.39 is 0 Å². The predicted octanol–water partition coefficient (Wildman–Crippen LogP) is 2.64. The monoisotopic (exact) mass is 416 g/mol. The molecule has 1 aromatic heterocycles. The van der Waals surface area contributed by atoms with Gasteiger partial charge in [0.2, 0.25) is 5.88 Å². The summed E-state index contributed by atoms with van der Waals surface area (Å²) in [4.78, 5) is 8.94. The molecule has 0 radical (unpaired) electrons. The van der Waals surface area contributed by atoms with E-state index in [1.165, 1.54) is 0 Å². The van der Waals surface area contributed by atoms with Crippen molar-refractivity contribution in [1.29, 1.82) is 0 Å². The van der Waals surface area contributed by atoms with Crippen LogP contribution < -0.4 is 24.8 Å². The molecule has 0 fully saturated rings. The van der Waals surface area contributed by atoms with Crippen LogP contribution in [0.25, 0.3) is 0 Å². The van der Waals surface area contributed by atoms with Crippen LogP contribution in [0.5, 0.6) is 17.4 Å². The van der Waals surface area contributed by atoms with Crippen LogP contribution in [0.15, 0.2) is 47.6 Å². The smallest absolute Gasteiger partial charge is 0.218 e. The Labute approximate surface area is 178 Å². The average molecular weight is 417 g/mol. The van der Waals surface area contributed by atoms with Crippen LogP contribution in [0.4, 0.5) is 0 Å². The standard InChI is InChI=1S/C22H32N4O4/c1-5-23-22(25-15-17(2)30-20-11-7-6-10-19(20)28-4)26-16-18-9-8-12-24-21(18)29-14-13-27-3/h6-12,17H,5,13-16H2,1-4H3,(H2,23,25,26). The summed E-state index contributed by atoms with van der Waals surface area (Å²) in [5.41, 5.74) is 0.907. The summed E-state index contributed by atoms with van der Waals surface area (Å²) < 4.78 is 22.0. The third kappa shape index (κ3) is 7.79. The van der Waals surface area contributed by atoms with Gasteiger partial charge >= 0.3 is 0 Å². The zero-order valence-corrected chi connectivity index (χ0v) is 18.2. The number of nitrogens with one attached hydrogen (secondary N) is 2. The number of para-hydroxylation sites is 2. The Balaban J connectivity index is 1.94. The first-order chi connectivity index (χ1) is 14.7. The molecule has 1 unspecified atom stereocenters. The van der Waals surface area contributed by atoms with E-state index in [0.29, 0.717) is 49.6 Å². The van der Waals surface area contributed by atoms with E-state index in [-0.39, 0.29) is 6.10 Å². The molecule has 0 aliphatic heterocycles. The molecule has 1 atom stereocenters. The minimum absolute atomic E-state index is 0.0866. The van der Waals surface area contributed by atoms with Crippen LogP contribution in [0.3, 0.4) is 0 Å². The van der Waals surface area contributed by atoms with Crippen molar-refractivity contribution in [2.24, 2.45) is 4.99 Å². The number of guanidine groups is 1. The van der Waals surface area contributed by atoms with Crippen molar-refractivity contribution >= 4 is 5.96 Å². The molecule has 0 aliphatic rings. The number of aliphatic imine (C=N–C) groups is 1. The minimum atomic E-state index is -0.0866. The number of rotatable bonds is 12. The van der Waals surface area contributed by atoms with Crippen LogP contribution in [0.2, 0.25) is 0 Å². The van der Waals surface area contributed by atoms with Crippen LogP contribution in [-0.4, -0.2) is 57.6 Å². The van der Waals surface area contributed by atoms with E-state index in [4.69, 9.17) is 18.9 Å². The van der Waals surface area contributed by atoms with Crippen molar-refractivity contribution in [2.75, 3.05) is 40.5 Å². The normalized spacial score (nSPS) is 12.2. The quantitative estimate of drug-likeness (QED) is 0.312. The molecule has 0 saturated heterocycles. The lowest BCUT2D eigenvalue weighted by molar-refractivity contribution is 0.143. The van der Waals surface area contributed by atoms with Crippen molar-refractivity contribution in [1.82, 2.24) is 15.6 Å². The van der Waals surface area contributed by atoms with Gasteiger partial charge in [-0.1, -0.05) is 18.2 Å². The van der Waals surface area contributed by atoms with Crippen LogP contribution in [-0.2, 0) is 11.3 Å². The first kappa shape index (κ1) is 23.3. The zero-order valence-electron chi connectivity index (χ0n) is 18.2. The molecule has 1 heterocycles. The van der Waals surface area contributed by atoms with E-state index in [9.17, 15) is 0 Å². The van der Waals surface area contributed by atoms with Crippen molar-refractivity contribution in [3.8, 4) is 17.4 Å². The summed E-state index contributed by atoms with van der Waals surface area (Å²) in [6.45, 7) is 6.73. The second-order valence-electron chi connectivity index (χ2n) is 6.46. The molecule has 0 bridgehead atoms. The molecule has 8 heteroatoms. The summed E-state index contributed by atoms with van der Waals surface area (Å²) in [5.74, 6) is 2.69. The van der Waals surface area contributed by atoms with Gasteiger partial charge in [-0.3, -0.25) is 0 Å². The summed E-state index contributed by atoms with van der Waals surface area (Å²) >= 11 is 0. The van der Waals surface area contributed by atoms with Gasteiger partial charge in [-0.2, -0.15) is 0 Å². The molecule has 2 aromatic rings. The van der Waals surface area contributed by atoms with E-state index >= 15 is 0 Å². The highest BCUT2D eigenvalue weighted by atomic mass is 16.5. The summed E-state index contributed by atoms with van der Waals surface area (Å²) in [6, 6.07) is 11.4. The number of ether oxygens (including phenoxy) is 4. The summed E-state index contributed by atoms with van der Waals surface area (Å²) in [6.07, 6.45) is 1.62. The molecule has 2 rings (SSSR count). The molecular weight excluding hydrogens is 384 g/mol. The lowest BCUT2D eigenvalue weighted by Crippen LogP contribution is -2.41. The fourth-order valence-corrected chi connectivity index (χ4v) is 2.62. The van der Waals surface area contributed by atoms with Crippen molar-refractivity contribution in [3.63, 3.8) is 0 Å². The van der Waals surface area contributed by atoms with Crippen molar-refractivity contribution < 1.29 is 18.9 Å². The summed E-state index contributed by atoms with van der Waals surface area (Å²) in [5, 5.41) is 6.56. The van der Waals surface area contributed by atoms with Gasteiger partial charge in [0.05, 0.1) is 26.8 Å². The van der Waals surface area contributed by atoms with Gasteiger partial charge in [0, 0.05) is 25.4 Å². The fraction of sp³-hybridized carbons (Fsp3) is 0.455. The Morgan fingerprint density at radius 3 is 2.60 bits per heavy atom. The molecule has 0 amide bonds. The number of nitrogens with zero attached hydrogens (tertiary/aromatic N) is 2. The van der Waals surface area contributed by atoms with E-state index in [1.807, 2.05) is 50.2 Å². The second-order valence-corrected chi connectivity index (χ2v) is 6.46. The Hall–Kier alpha value is -3.00. The first-order valence-corrected chi connectivity index (χ1v) is 10.0. The molecule has 2 N–H and O–H groups in total. The Kier molecular flexibility index (Phi) is 10.3. The third-order valence-corrected chi connectivity index (χ3v) is 4.08. The van der Waals surface area contributed by atoms with Gasteiger partial charge in [-0.15, -0.1) is 0 Å². The SMILES string of the molecule is CCNC(=NCc1cccnc1OCCOC)NCC(C)Oc1ccccc1OC. The maximum Gasteiger partial charge on any atom is 0.218 e. The number of methoxy groups -OCH3 is 2. The Morgan fingerprint density at radius 2 is 1.87 bits per heavy atom. The molecule has 0 spiro atoms. The lowest BCUT2D eigenvalue weighted by atomic mass is 10.3. The number of aromatic nitrogens is 1. The van der Waals surface area contributed by atoms with Crippen LogP contribution in [0.1, 0.15) is 19.4 Å². The van der Waals surface area contributed by atoms with Crippen LogP contribution >= 0.6 is 0 Å². The maximum atomic E-state index is 5.99. The average Bonchev–Trinajstić information content (AvgIpc) is 2.77. The maximum absolute atomic E-state index is 5.99. The van der Waals surface area contributed by atoms with E-state index in [1.54, 1.807) is 20.4 Å². The topological polar surface area (TPSA) is 86.2 Å². The number of pyridine rings is 1. The number of hydrogen-bond acceptors (Lipinski definition) is 6. The largest absolute Gasteiger partial charge is 0.493 e. The highest BCUT2D eigenvalue weighted by molar-refractivity contribution is 5.79. The van der Waals surface area contributed by atoms with Gasteiger partial charge in [0.1, 0.15) is 12.7 Å². The lowest BCUT2D eigenvalue weighted by Gasteiger charge is -2.19. The molecule has 0 saturated carbocycles. The van der Waals surface area contributed by atoms with Gasteiger partial charge < -0.3 is 29.6 Å². The third-order valence-electron chi connectivity index (χ3n) is 4.08. The minimum Gasteiger partial charge on any atom is -0.493 e. The molecule has 164 valence electrons.